The Morgan fingerprint density at radius 1 is 0.969 bits per heavy atom. The van der Waals surface area contributed by atoms with Gasteiger partial charge in [-0.05, 0) is 58.6 Å². The molecular formula is C25H33ClN2O4. The number of amides is 1. The molecule has 7 heteroatoms. The van der Waals surface area contributed by atoms with E-state index in [9.17, 15) is 9.59 Å². The van der Waals surface area contributed by atoms with Crippen molar-refractivity contribution in [2.45, 2.75) is 64.2 Å². The molecule has 0 aromatic heterocycles. The fraction of sp³-hybridized carbons (Fsp3) is 0.440. The molecule has 0 aliphatic carbocycles. The van der Waals surface area contributed by atoms with Crippen molar-refractivity contribution in [3.05, 3.63) is 70.7 Å². The van der Waals surface area contributed by atoms with Crippen LogP contribution in [0.25, 0.3) is 0 Å². The molecule has 0 heterocycles. The van der Waals surface area contributed by atoms with Crippen LogP contribution in [0.3, 0.4) is 0 Å². The molecule has 2 atom stereocenters. The summed E-state index contributed by atoms with van der Waals surface area (Å²) >= 11 is 6.44. The molecule has 2 aromatic rings. The Bertz CT molecular complexity index is 898. The number of esters is 1. The van der Waals surface area contributed by atoms with Crippen LogP contribution in [-0.4, -0.2) is 30.3 Å². The van der Waals surface area contributed by atoms with Gasteiger partial charge in [0.1, 0.15) is 11.6 Å². The summed E-state index contributed by atoms with van der Waals surface area (Å²) in [5.74, 6) is -0.503. The number of hydrogen-bond donors (Lipinski definition) is 2. The van der Waals surface area contributed by atoms with Crippen molar-refractivity contribution in [3.8, 4) is 0 Å². The number of unbranched alkanes of at least 4 members (excludes halogenated alkanes) is 1. The molecule has 1 amide bonds. The number of alkyl carbamates (subject to hydrolysis) is 1. The van der Waals surface area contributed by atoms with E-state index < -0.39 is 29.3 Å². The Labute approximate surface area is 195 Å². The molecule has 3 N–H and O–H groups in total. The molecule has 0 saturated heterocycles. The van der Waals surface area contributed by atoms with Gasteiger partial charge in [-0.2, -0.15) is 0 Å². The number of nitrogens with two attached hydrogens (primary N) is 1. The van der Waals surface area contributed by atoms with Crippen LogP contribution in [0, 0.1) is 0 Å². The van der Waals surface area contributed by atoms with Gasteiger partial charge in [0.25, 0.3) is 0 Å². The number of carbonyl (C=O) groups is 2. The Morgan fingerprint density at radius 2 is 1.59 bits per heavy atom. The van der Waals surface area contributed by atoms with E-state index in [2.05, 4.69) is 5.32 Å². The summed E-state index contributed by atoms with van der Waals surface area (Å²) in [6, 6.07) is 16.0. The summed E-state index contributed by atoms with van der Waals surface area (Å²) in [6.45, 7) is 7.69. The van der Waals surface area contributed by atoms with Crippen molar-refractivity contribution < 1.29 is 19.1 Å². The monoisotopic (exact) mass is 460 g/mol. The molecule has 2 rings (SSSR count). The molecular weight excluding hydrogens is 428 g/mol. The van der Waals surface area contributed by atoms with Crippen molar-refractivity contribution in [3.63, 3.8) is 0 Å². The molecule has 32 heavy (non-hydrogen) atoms. The van der Waals surface area contributed by atoms with Gasteiger partial charge in [0.15, 0.2) is 5.60 Å². The van der Waals surface area contributed by atoms with Crippen LogP contribution >= 0.6 is 11.6 Å². The molecule has 0 aliphatic heterocycles. The number of benzene rings is 2. The van der Waals surface area contributed by atoms with E-state index in [1.807, 2.05) is 76.2 Å². The van der Waals surface area contributed by atoms with E-state index in [0.29, 0.717) is 36.4 Å². The molecule has 2 unspecified atom stereocenters. The van der Waals surface area contributed by atoms with Gasteiger partial charge >= 0.3 is 12.1 Å². The first-order valence-corrected chi connectivity index (χ1v) is 11.2. The maximum absolute atomic E-state index is 12.9. The number of ether oxygens (including phenoxy) is 2. The highest BCUT2D eigenvalue weighted by Gasteiger charge is 2.36. The molecule has 0 aliphatic rings. The van der Waals surface area contributed by atoms with E-state index in [1.54, 1.807) is 6.07 Å². The van der Waals surface area contributed by atoms with Crippen molar-refractivity contribution in [2.75, 3.05) is 6.54 Å². The largest absolute Gasteiger partial charge is 0.448 e. The minimum atomic E-state index is -1.08. The van der Waals surface area contributed by atoms with Crippen molar-refractivity contribution in [1.82, 2.24) is 5.32 Å². The van der Waals surface area contributed by atoms with Gasteiger partial charge in [-0.1, -0.05) is 60.1 Å². The fourth-order valence-corrected chi connectivity index (χ4v) is 3.58. The van der Waals surface area contributed by atoms with Crippen molar-refractivity contribution in [2.24, 2.45) is 5.73 Å². The lowest BCUT2D eigenvalue weighted by Gasteiger charge is -2.32. The normalized spacial score (nSPS) is 14.2. The average molecular weight is 461 g/mol. The van der Waals surface area contributed by atoms with Crippen molar-refractivity contribution in [1.29, 1.82) is 0 Å². The van der Waals surface area contributed by atoms with Crippen LogP contribution in [0.4, 0.5) is 4.79 Å². The van der Waals surface area contributed by atoms with Crippen LogP contribution in [0.1, 0.15) is 58.1 Å². The summed E-state index contributed by atoms with van der Waals surface area (Å²) in [6.07, 6.45) is 1.29. The molecule has 0 saturated carbocycles. The minimum Gasteiger partial charge on any atom is -0.448 e. The standard InChI is InChI=1S/C25H33ClN2O4/c1-24(2,3)32-23(30)28-17-11-10-16-21(27)22(29)31-25(4,18-12-6-5-7-13-18)19-14-8-9-15-20(19)26/h5-9,12-15,21H,10-11,16-17,27H2,1-4H3,(H,28,30). The number of nitrogens with one attached hydrogen (secondary N) is 1. The van der Waals surface area contributed by atoms with Gasteiger partial charge in [0, 0.05) is 17.1 Å². The SMILES string of the molecule is CC(C)(C)OC(=O)NCCCCC(N)C(=O)OC(C)(c1ccccc1)c1ccccc1Cl. The van der Waals surface area contributed by atoms with E-state index in [4.69, 9.17) is 26.8 Å². The van der Waals surface area contributed by atoms with Gasteiger partial charge in [0.05, 0.1) is 0 Å². The van der Waals surface area contributed by atoms with Gasteiger partial charge in [-0.25, -0.2) is 4.79 Å². The lowest BCUT2D eigenvalue weighted by Crippen LogP contribution is -2.39. The third-order valence-electron chi connectivity index (χ3n) is 4.93. The zero-order valence-electron chi connectivity index (χ0n) is 19.2. The number of rotatable bonds is 9. The van der Waals surface area contributed by atoms with Crippen molar-refractivity contribution >= 4 is 23.7 Å². The first-order chi connectivity index (χ1) is 15.0. The Kier molecular flexibility index (Phi) is 9.10. The van der Waals surface area contributed by atoms with Crippen LogP contribution < -0.4 is 11.1 Å². The van der Waals surface area contributed by atoms with Gasteiger partial charge in [0.2, 0.25) is 0 Å². The zero-order chi connectivity index (χ0) is 23.8. The molecule has 2 aromatic carbocycles. The summed E-state index contributed by atoms with van der Waals surface area (Å²) in [5.41, 5.74) is 6.00. The second-order valence-electron chi connectivity index (χ2n) is 8.83. The lowest BCUT2D eigenvalue weighted by atomic mass is 9.87. The molecule has 0 fully saturated rings. The smallest absolute Gasteiger partial charge is 0.407 e. The number of hydrogen-bond acceptors (Lipinski definition) is 5. The molecule has 6 nitrogen and oxygen atoms in total. The zero-order valence-corrected chi connectivity index (χ0v) is 19.9. The molecule has 0 bridgehead atoms. The summed E-state index contributed by atoms with van der Waals surface area (Å²) in [7, 11) is 0. The quantitative estimate of drug-likeness (QED) is 0.398. The van der Waals surface area contributed by atoms with Crippen LogP contribution in [-0.2, 0) is 19.9 Å². The van der Waals surface area contributed by atoms with Gasteiger partial charge in [-0.3, -0.25) is 4.79 Å². The van der Waals surface area contributed by atoms with E-state index >= 15 is 0 Å². The van der Waals surface area contributed by atoms with Crippen LogP contribution in [0.5, 0.6) is 0 Å². The molecule has 0 radical (unpaired) electrons. The maximum atomic E-state index is 12.9. The first kappa shape index (κ1) is 25.7. The molecule has 0 spiro atoms. The summed E-state index contributed by atoms with van der Waals surface area (Å²) in [5, 5.41) is 3.20. The minimum absolute atomic E-state index is 0.433. The number of halogens is 1. The summed E-state index contributed by atoms with van der Waals surface area (Å²) < 4.78 is 11.2. The Hall–Kier alpha value is -2.57. The van der Waals surface area contributed by atoms with E-state index in [-0.39, 0.29) is 0 Å². The van der Waals surface area contributed by atoms with Gasteiger partial charge in [-0.15, -0.1) is 0 Å². The lowest BCUT2D eigenvalue weighted by molar-refractivity contribution is -0.157. The topological polar surface area (TPSA) is 90.6 Å². The van der Waals surface area contributed by atoms with E-state index in [0.717, 1.165) is 5.56 Å². The number of carbonyl (C=O) groups excluding carboxylic acids is 2. The predicted octanol–water partition coefficient (Wildman–Crippen LogP) is 5.17. The van der Waals surface area contributed by atoms with Crippen LogP contribution in [0.15, 0.2) is 54.6 Å². The highest BCUT2D eigenvalue weighted by molar-refractivity contribution is 6.31. The van der Waals surface area contributed by atoms with E-state index in [1.165, 1.54) is 0 Å². The highest BCUT2D eigenvalue weighted by Crippen LogP contribution is 2.37. The van der Waals surface area contributed by atoms with Crippen LogP contribution in [0.2, 0.25) is 5.02 Å². The highest BCUT2D eigenvalue weighted by atomic mass is 35.5. The van der Waals surface area contributed by atoms with Gasteiger partial charge < -0.3 is 20.5 Å². The first-order valence-electron chi connectivity index (χ1n) is 10.8. The third kappa shape index (κ3) is 7.53. The third-order valence-corrected chi connectivity index (χ3v) is 5.26. The summed E-state index contributed by atoms with van der Waals surface area (Å²) in [4.78, 5) is 24.5. The second kappa shape index (κ2) is 11.3. The maximum Gasteiger partial charge on any atom is 0.407 e. The Balaban J connectivity index is 1.96. The Morgan fingerprint density at radius 3 is 2.22 bits per heavy atom. The molecule has 174 valence electrons. The average Bonchev–Trinajstić information content (AvgIpc) is 2.72. The second-order valence-corrected chi connectivity index (χ2v) is 9.24. The predicted molar refractivity (Wildman–Crippen MR) is 127 cm³/mol. The fourth-order valence-electron chi connectivity index (χ4n) is 3.26.